The molecule has 132 valence electrons. The van der Waals surface area contributed by atoms with E-state index in [1.807, 2.05) is 18.2 Å². The Morgan fingerprint density at radius 2 is 1.88 bits per heavy atom. The van der Waals surface area contributed by atoms with Gasteiger partial charge in [0.25, 0.3) is 0 Å². The Kier molecular flexibility index (Phi) is 5.06. The van der Waals surface area contributed by atoms with Gasteiger partial charge >= 0.3 is 0 Å². The molecule has 3 aromatic rings. The molecule has 3 rings (SSSR count). The molecule has 3 heteroatoms. The number of benzene rings is 2. The Morgan fingerprint density at radius 3 is 2.58 bits per heavy atom. The summed E-state index contributed by atoms with van der Waals surface area (Å²) in [5.41, 5.74) is 5.88. The van der Waals surface area contributed by atoms with Crippen LogP contribution < -0.4 is 0 Å². The maximum absolute atomic E-state index is 9.27. The first-order valence-corrected chi connectivity index (χ1v) is 8.98. The molecule has 0 fully saturated rings. The van der Waals surface area contributed by atoms with Gasteiger partial charge in [-0.3, -0.25) is 0 Å². The van der Waals surface area contributed by atoms with Gasteiger partial charge in [-0.15, -0.1) is 0 Å². The van der Waals surface area contributed by atoms with Gasteiger partial charge in [-0.25, -0.2) is 4.98 Å². The van der Waals surface area contributed by atoms with E-state index >= 15 is 0 Å². The van der Waals surface area contributed by atoms with Crippen LogP contribution in [0.5, 0.6) is 0 Å². The van der Waals surface area contributed by atoms with Crippen LogP contribution in [0.15, 0.2) is 48.5 Å². The van der Waals surface area contributed by atoms with Crippen molar-refractivity contribution in [2.24, 2.45) is 0 Å². The number of aromatic nitrogens is 1. The normalized spacial score (nSPS) is 11.5. The number of aliphatic hydroxyl groups excluding tert-OH is 1. The molecule has 0 spiro atoms. The van der Waals surface area contributed by atoms with Gasteiger partial charge in [0.05, 0.1) is 22.8 Å². The number of nitrogens with zero attached hydrogens (tertiary/aromatic N) is 2. The van der Waals surface area contributed by atoms with Crippen molar-refractivity contribution in [2.45, 2.75) is 39.0 Å². The smallest absolute Gasteiger partial charge is 0.0991 e. The zero-order valence-corrected chi connectivity index (χ0v) is 15.6. The number of hydrogen-bond donors (Lipinski definition) is 1. The molecule has 0 aliphatic heterocycles. The van der Waals surface area contributed by atoms with Crippen LogP contribution in [0.25, 0.3) is 22.2 Å². The Labute approximate surface area is 154 Å². The average molecular weight is 344 g/mol. The van der Waals surface area contributed by atoms with Gasteiger partial charge in [-0.05, 0) is 59.7 Å². The topological polar surface area (TPSA) is 56.9 Å². The van der Waals surface area contributed by atoms with Crippen molar-refractivity contribution in [3.05, 3.63) is 65.2 Å². The summed E-state index contributed by atoms with van der Waals surface area (Å²) in [6.45, 7) is 6.76. The predicted octanol–water partition coefficient (Wildman–Crippen LogP) is 5.00. The van der Waals surface area contributed by atoms with Crippen molar-refractivity contribution in [3.63, 3.8) is 0 Å². The van der Waals surface area contributed by atoms with Crippen LogP contribution in [0.1, 0.15) is 43.9 Å². The van der Waals surface area contributed by atoms with E-state index in [0.717, 1.165) is 34.1 Å². The molecule has 1 heterocycles. The monoisotopic (exact) mass is 344 g/mol. The fraction of sp³-hybridized carbons (Fsp3) is 0.304. The van der Waals surface area contributed by atoms with Crippen molar-refractivity contribution in [1.82, 2.24) is 4.98 Å². The van der Waals surface area contributed by atoms with E-state index in [1.54, 1.807) is 6.07 Å². The number of aliphatic hydroxyl groups is 1. The summed E-state index contributed by atoms with van der Waals surface area (Å²) >= 11 is 0. The van der Waals surface area contributed by atoms with Crippen molar-refractivity contribution in [2.75, 3.05) is 6.61 Å². The van der Waals surface area contributed by atoms with Gasteiger partial charge in [-0.1, -0.05) is 39.0 Å². The summed E-state index contributed by atoms with van der Waals surface area (Å²) in [6.07, 6.45) is 1.45. The van der Waals surface area contributed by atoms with E-state index in [1.165, 1.54) is 5.56 Å². The summed E-state index contributed by atoms with van der Waals surface area (Å²) in [5, 5.41) is 19.6. The van der Waals surface area contributed by atoms with Crippen LogP contribution in [0, 0.1) is 11.3 Å². The summed E-state index contributed by atoms with van der Waals surface area (Å²) in [7, 11) is 0. The van der Waals surface area contributed by atoms with Gasteiger partial charge < -0.3 is 5.11 Å². The minimum Gasteiger partial charge on any atom is -0.396 e. The number of pyridine rings is 1. The molecule has 26 heavy (non-hydrogen) atoms. The second-order valence-corrected chi connectivity index (χ2v) is 7.67. The fourth-order valence-corrected chi connectivity index (χ4v) is 3.13. The Bertz CT molecular complexity index is 978. The van der Waals surface area contributed by atoms with E-state index in [9.17, 15) is 10.4 Å². The van der Waals surface area contributed by atoms with Crippen LogP contribution in [-0.4, -0.2) is 16.7 Å². The fourth-order valence-electron chi connectivity index (χ4n) is 3.13. The lowest BCUT2D eigenvalue weighted by Crippen LogP contribution is -2.10. The molecule has 0 saturated heterocycles. The van der Waals surface area contributed by atoms with Crippen molar-refractivity contribution >= 4 is 10.9 Å². The molecule has 3 nitrogen and oxygen atoms in total. The molecule has 0 radical (unpaired) electrons. The summed E-state index contributed by atoms with van der Waals surface area (Å²) in [6, 6.07) is 18.3. The molecule has 0 atom stereocenters. The Morgan fingerprint density at radius 1 is 1.08 bits per heavy atom. The van der Waals surface area contributed by atoms with E-state index in [2.05, 4.69) is 51.1 Å². The third-order valence-electron chi connectivity index (χ3n) is 4.63. The lowest BCUT2D eigenvalue weighted by Gasteiger charge is -2.20. The highest BCUT2D eigenvalue weighted by Crippen LogP contribution is 2.30. The minimum atomic E-state index is 0.0826. The second-order valence-electron chi connectivity index (χ2n) is 7.67. The van der Waals surface area contributed by atoms with Crippen LogP contribution in [0.3, 0.4) is 0 Å². The van der Waals surface area contributed by atoms with Gasteiger partial charge in [0.2, 0.25) is 0 Å². The van der Waals surface area contributed by atoms with Gasteiger partial charge in [0.1, 0.15) is 0 Å². The highest BCUT2D eigenvalue weighted by molar-refractivity contribution is 5.84. The number of rotatable bonds is 4. The molecule has 0 bridgehead atoms. The standard InChI is InChI=1S/C23H24N2O/c1-23(2,3)20-9-10-21-19(14-20)13-18(8-5-11-26)22(25-21)17-7-4-6-16(12-17)15-24/h4,6-7,9-10,12-14,26H,5,8,11H2,1-3H3. The first-order valence-electron chi connectivity index (χ1n) is 8.98. The summed E-state index contributed by atoms with van der Waals surface area (Å²) in [5.74, 6) is 0. The quantitative estimate of drug-likeness (QED) is 0.725. The Hall–Kier alpha value is -2.70. The molecular weight excluding hydrogens is 320 g/mol. The summed E-state index contributed by atoms with van der Waals surface area (Å²) in [4.78, 5) is 4.91. The van der Waals surface area contributed by atoms with Crippen molar-refractivity contribution in [1.29, 1.82) is 5.26 Å². The predicted molar refractivity (Wildman–Crippen MR) is 106 cm³/mol. The molecule has 0 aliphatic carbocycles. The molecular formula is C23H24N2O. The Balaban J connectivity index is 2.19. The van der Waals surface area contributed by atoms with E-state index in [4.69, 9.17) is 4.98 Å². The van der Waals surface area contributed by atoms with Gasteiger partial charge in [0, 0.05) is 17.6 Å². The SMILES string of the molecule is CC(C)(C)c1ccc2nc(-c3cccc(C#N)c3)c(CCCO)cc2c1. The number of nitriles is 1. The average Bonchev–Trinajstić information content (AvgIpc) is 2.64. The molecule has 1 N–H and O–H groups in total. The lowest BCUT2D eigenvalue weighted by molar-refractivity contribution is 0.288. The minimum absolute atomic E-state index is 0.0826. The van der Waals surface area contributed by atoms with Gasteiger partial charge in [-0.2, -0.15) is 5.26 Å². The maximum atomic E-state index is 9.27. The van der Waals surface area contributed by atoms with Crippen molar-refractivity contribution in [3.8, 4) is 17.3 Å². The first-order chi connectivity index (χ1) is 12.4. The number of fused-ring (bicyclic) bond motifs is 1. The van der Waals surface area contributed by atoms with Crippen molar-refractivity contribution < 1.29 is 5.11 Å². The zero-order chi connectivity index (χ0) is 18.7. The van der Waals surface area contributed by atoms with Crippen LogP contribution >= 0.6 is 0 Å². The zero-order valence-electron chi connectivity index (χ0n) is 15.6. The molecule has 0 aliphatic rings. The molecule has 1 aromatic heterocycles. The summed E-state index contributed by atoms with van der Waals surface area (Å²) < 4.78 is 0. The van der Waals surface area contributed by atoms with E-state index in [0.29, 0.717) is 12.0 Å². The van der Waals surface area contributed by atoms with Crippen LogP contribution in [0.4, 0.5) is 0 Å². The molecule has 0 unspecified atom stereocenters. The first kappa shape index (κ1) is 18.1. The van der Waals surface area contributed by atoms with E-state index < -0.39 is 0 Å². The number of hydrogen-bond acceptors (Lipinski definition) is 3. The number of aryl methyl sites for hydroxylation is 1. The molecule has 0 saturated carbocycles. The third-order valence-corrected chi connectivity index (χ3v) is 4.63. The van der Waals surface area contributed by atoms with Gasteiger partial charge in [0.15, 0.2) is 0 Å². The third kappa shape index (κ3) is 3.76. The van der Waals surface area contributed by atoms with Crippen LogP contribution in [0.2, 0.25) is 0 Å². The van der Waals surface area contributed by atoms with E-state index in [-0.39, 0.29) is 12.0 Å². The van der Waals surface area contributed by atoms with Crippen LogP contribution in [-0.2, 0) is 11.8 Å². The molecule has 2 aromatic carbocycles. The molecule has 0 amide bonds. The highest BCUT2D eigenvalue weighted by Gasteiger charge is 2.16. The highest BCUT2D eigenvalue weighted by atomic mass is 16.2. The lowest BCUT2D eigenvalue weighted by atomic mass is 9.86. The second kappa shape index (κ2) is 7.27. The maximum Gasteiger partial charge on any atom is 0.0991 e. The largest absolute Gasteiger partial charge is 0.396 e.